The molecule has 0 aromatic rings. The number of hydrogen-bond acceptors (Lipinski definition) is 4. The third kappa shape index (κ3) is 3.02. The Morgan fingerprint density at radius 2 is 2.10 bits per heavy atom. The second-order valence-corrected chi connectivity index (χ2v) is 6.62. The van der Waals surface area contributed by atoms with Crippen LogP contribution in [-0.2, 0) is 9.59 Å². The van der Waals surface area contributed by atoms with Gasteiger partial charge in [-0.2, -0.15) is 0 Å². The summed E-state index contributed by atoms with van der Waals surface area (Å²) < 4.78 is 0. The van der Waals surface area contributed by atoms with E-state index in [0.717, 1.165) is 32.1 Å². The number of nitrogens with two attached hydrogens (primary N) is 1. The molecule has 5 nitrogen and oxygen atoms in total. The van der Waals surface area contributed by atoms with Crippen LogP contribution in [0.1, 0.15) is 52.4 Å². The minimum atomic E-state index is -0.707. The Bertz CT molecular complexity index is 446. The largest absolute Gasteiger partial charge is 0.369 e. The number of Topliss-reactive ketones (excluding diaryl/α,β-unsaturated/α-hetero) is 1. The van der Waals surface area contributed by atoms with Gasteiger partial charge in [-0.1, -0.05) is 19.3 Å². The quantitative estimate of drug-likeness (QED) is 0.851. The van der Waals surface area contributed by atoms with Gasteiger partial charge >= 0.3 is 0 Å². The zero-order valence-electron chi connectivity index (χ0n) is 12.7. The zero-order chi connectivity index (χ0) is 14.9. The molecule has 2 N–H and O–H groups in total. The molecule has 112 valence electrons. The molecule has 0 saturated heterocycles. The maximum absolute atomic E-state index is 12.2. The Kier molecular flexibility index (Phi) is 4.16. The van der Waals surface area contributed by atoms with Crippen molar-refractivity contribution in [2.45, 2.75) is 57.9 Å². The van der Waals surface area contributed by atoms with E-state index in [1.807, 2.05) is 6.92 Å². The van der Waals surface area contributed by atoms with Crippen molar-refractivity contribution in [1.82, 2.24) is 4.90 Å². The van der Waals surface area contributed by atoms with E-state index < -0.39 is 5.54 Å². The van der Waals surface area contributed by atoms with Crippen molar-refractivity contribution in [3.05, 3.63) is 0 Å². The van der Waals surface area contributed by atoms with Crippen molar-refractivity contribution in [2.24, 2.45) is 22.6 Å². The molecule has 3 atom stereocenters. The number of likely N-dealkylation sites (N-methyl/N-ethyl adjacent to an activating group) is 1. The monoisotopic (exact) mass is 279 g/mol. The highest BCUT2D eigenvalue weighted by Gasteiger charge is 2.44. The number of hydrogen-bond donors (Lipinski definition) is 1. The van der Waals surface area contributed by atoms with Crippen LogP contribution in [0.4, 0.5) is 0 Å². The fraction of sp³-hybridized carbons (Fsp3) is 0.800. The van der Waals surface area contributed by atoms with E-state index in [1.165, 1.54) is 4.90 Å². The van der Waals surface area contributed by atoms with Crippen LogP contribution in [0.5, 0.6) is 0 Å². The number of carbonyl (C=O) groups is 2. The van der Waals surface area contributed by atoms with Crippen LogP contribution in [0.3, 0.4) is 0 Å². The van der Waals surface area contributed by atoms with Gasteiger partial charge in [0.25, 0.3) is 5.91 Å². The Morgan fingerprint density at radius 1 is 1.45 bits per heavy atom. The lowest BCUT2D eigenvalue weighted by Crippen LogP contribution is -2.41. The Labute approximate surface area is 120 Å². The number of carbonyl (C=O) groups excluding carboxylic acids is 2. The number of nitrogens with zero attached hydrogens (tertiary/aromatic N) is 2. The maximum atomic E-state index is 12.2. The molecular formula is C15H25N3O2. The van der Waals surface area contributed by atoms with Crippen molar-refractivity contribution in [2.75, 3.05) is 7.05 Å². The molecule has 1 saturated carbocycles. The zero-order valence-corrected chi connectivity index (χ0v) is 12.7. The molecular weight excluding hydrogens is 254 g/mol. The van der Waals surface area contributed by atoms with Crippen LogP contribution in [0.15, 0.2) is 4.99 Å². The number of guanidine groups is 1. The summed E-state index contributed by atoms with van der Waals surface area (Å²) in [5.41, 5.74) is 5.05. The summed E-state index contributed by atoms with van der Waals surface area (Å²) in [6.07, 6.45) is 5.84. The van der Waals surface area contributed by atoms with E-state index >= 15 is 0 Å². The number of ketones is 1. The highest BCUT2D eigenvalue weighted by molar-refractivity contribution is 6.06. The molecule has 0 spiro atoms. The fourth-order valence-electron chi connectivity index (χ4n) is 3.72. The van der Waals surface area contributed by atoms with Crippen LogP contribution in [0.25, 0.3) is 0 Å². The molecule has 1 amide bonds. The second-order valence-electron chi connectivity index (χ2n) is 6.62. The van der Waals surface area contributed by atoms with E-state index in [2.05, 4.69) is 4.99 Å². The van der Waals surface area contributed by atoms with E-state index in [-0.39, 0.29) is 11.7 Å². The van der Waals surface area contributed by atoms with Gasteiger partial charge in [-0.15, -0.1) is 0 Å². The number of rotatable bonds is 4. The van der Waals surface area contributed by atoms with Crippen LogP contribution < -0.4 is 5.73 Å². The molecule has 0 aromatic carbocycles. The average molecular weight is 279 g/mol. The summed E-state index contributed by atoms with van der Waals surface area (Å²) in [6.45, 7) is 3.53. The molecule has 0 bridgehead atoms. The van der Waals surface area contributed by atoms with E-state index in [9.17, 15) is 9.59 Å². The highest BCUT2D eigenvalue weighted by atomic mass is 16.2. The summed E-state index contributed by atoms with van der Waals surface area (Å²) in [5.74, 6) is 1.51. The summed E-state index contributed by atoms with van der Waals surface area (Å²) in [5, 5.41) is 0. The van der Waals surface area contributed by atoms with Crippen molar-refractivity contribution in [3.63, 3.8) is 0 Å². The minimum Gasteiger partial charge on any atom is -0.369 e. The number of amides is 1. The molecule has 0 radical (unpaired) electrons. The van der Waals surface area contributed by atoms with Gasteiger partial charge in [-0.05, 0) is 38.5 Å². The third-order valence-corrected chi connectivity index (χ3v) is 4.62. The number of aliphatic imine (C=N–C) groups is 1. The Balaban J connectivity index is 1.99. The summed E-state index contributed by atoms with van der Waals surface area (Å²) in [4.78, 5) is 29.3. The van der Waals surface area contributed by atoms with Gasteiger partial charge in [0.05, 0.1) is 0 Å². The van der Waals surface area contributed by atoms with Crippen LogP contribution in [-0.4, -0.2) is 35.1 Å². The van der Waals surface area contributed by atoms with E-state index in [1.54, 1.807) is 14.0 Å². The van der Waals surface area contributed by atoms with E-state index in [0.29, 0.717) is 24.2 Å². The molecule has 2 aliphatic rings. The third-order valence-electron chi connectivity index (χ3n) is 4.62. The fourth-order valence-corrected chi connectivity index (χ4v) is 3.72. The SMILES string of the molecule is CC(=O)C[C@@H]1CCC[C@H](C[C@@]2(C)N=C(N)N(C)C2=O)C1. The van der Waals surface area contributed by atoms with Crippen LogP contribution in [0, 0.1) is 11.8 Å². The van der Waals surface area contributed by atoms with Crippen molar-refractivity contribution in [3.8, 4) is 0 Å². The predicted molar refractivity (Wildman–Crippen MR) is 78.2 cm³/mol. The van der Waals surface area contributed by atoms with Crippen molar-refractivity contribution in [1.29, 1.82) is 0 Å². The molecule has 0 aromatic heterocycles. The van der Waals surface area contributed by atoms with Gasteiger partial charge in [0.2, 0.25) is 0 Å². The van der Waals surface area contributed by atoms with Crippen molar-refractivity contribution < 1.29 is 9.59 Å². The summed E-state index contributed by atoms with van der Waals surface area (Å²) in [6, 6.07) is 0. The lowest BCUT2D eigenvalue weighted by Gasteiger charge is -2.32. The first-order chi connectivity index (χ1) is 9.32. The smallest absolute Gasteiger partial charge is 0.256 e. The first-order valence-corrected chi connectivity index (χ1v) is 7.45. The van der Waals surface area contributed by atoms with Gasteiger partial charge < -0.3 is 10.5 Å². The average Bonchev–Trinajstić information content (AvgIpc) is 2.53. The van der Waals surface area contributed by atoms with Crippen LogP contribution in [0.2, 0.25) is 0 Å². The lowest BCUT2D eigenvalue weighted by molar-refractivity contribution is -0.130. The molecule has 20 heavy (non-hydrogen) atoms. The normalized spacial score (nSPS) is 34.2. The first-order valence-electron chi connectivity index (χ1n) is 7.45. The van der Waals surface area contributed by atoms with Gasteiger partial charge in [-0.25, -0.2) is 4.99 Å². The standard InChI is InChI=1S/C15H25N3O2/c1-10(19)7-11-5-4-6-12(8-11)9-15(2)13(20)18(3)14(16)17-15/h11-12H,4-9H2,1-3H3,(H2,16,17)/t11-,12-,15+/m0/s1. The highest BCUT2D eigenvalue weighted by Crippen LogP contribution is 2.38. The Hall–Kier alpha value is -1.39. The predicted octanol–water partition coefficient (Wildman–Crippen LogP) is 1.71. The molecule has 0 unspecified atom stereocenters. The van der Waals surface area contributed by atoms with Crippen LogP contribution >= 0.6 is 0 Å². The van der Waals surface area contributed by atoms with Gasteiger partial charge in [0, 0.05) is 13.5 Å². The summed E-state index contributed by atoms with van der Waals surface area (Å²) >= 11 is 0. The maximum Gasteiger partial charge on any atom is 0.256 e. The topological polar surface area (TPSA) is 75.8 Å². The van der Waals surface area contributed by atoms with Gasteiger partial charge in [-0.3, -0.25) is 9.69 Å². The minimum absolute atomic E-state index is 0.0105. The van der Waals surface area contributed by atoms with E-state index in [4.69, 9.17) is 5.73 Å². The molecule has 5 heteroatoms. The first kappa shape index (κ1) is 15.0. The summed E-state index contributed by atoms with van der Waals surface area (Å²) in [7, 11) is 1.67. The molecule has 1 fully saturated rings. The molecule has 2 rings (SSSR count). The van der Waals surface area contributed by atoms with Gasteiger partial charge in [0.1, 0.15) is 11.3 Å². The molecule has 1 aliphatic heterocycles. The van der Waals surface area contributed by atoms with Crippen molar-refractivity contribution >= 4 is 17.6 Å². The molecule has 1 heterocycles. The Morgan fingerprint density at radius 3 is 2.65 bits per heavy atom. The van der Waals surface area contributed by atoms with Gasteiger partial charge in [0.15, 0.2) is 5.96 Å². The lowest BCUT2D eigenvalue weighted by atomic mass is 9.74. The molecule has 1 aliphatic carbocycles. The second kappa shape index (κ2) is 5.54.